The summed E-state index contributed by atoms with van der Waals surface area (Å²) in [5, 5.41) is 5.55. The van der Waals surface area contributed by atoms with Gasteiger partial charge >= 0.3 is 51.4 Å². The number of nitrogens with one attached hydrogen (secondary N) is 2. The largest absolute Gasteiger partial charge is 1.00 e. The molecule has 0 radical (unpaired) electrons. The fourth-order valence-corrected chi connectivity index (χ4v) is 1.37. The van der Waals surface area contributed by atoms with E-state index in [0.717, 1.165) is 19.3 Å². The Bertz CT molecular complexity index is 274. The van der Waals surface area contributed by atoms with Gasteiger partial charge in [0, 0.05) is 13.1 Å². The van der Waals surface area contributed by atoms with Crippen molar-refractivity contribution in [2.45, 2.75) is 52.2 Å². The summed E-state index contributed by atoms with van der Waals surface area (Å²) < 4.78 is 11.5. The Morgan fingerprint density at radius 3 is 2.05 bits per heavy atom. The van der Waals surface area contributed by atoms with Crippen LogP contribution in [0, 0.1) is 0 Å². The number of ether oxygens (including phenoxy) is 2. The molecule has 0 saturated carbocycles. The Morgan fingerprint density at radius 1 is 1.09 bits per heavy atom. The molecule has 22 heavy (non-hydrogen) atoms. The molecule has 0 aliphatic heterocycles. The van der Waals surface area contributed by atoms with Crippen molar-refractivity contribution in [1.82, 2.24) is 10.6 Å². The summed E-state index contributed by atoms with van der Waals surface area (Å²) in [5.74, 6) is 0. The quantitative estimate of drug-likeness (QED) is 0.150. The van der Waals surface area contributed by atoms with Gasteiger partial charge in [0.05, 0.1) is 24.4 Å². The topological polar surface area (TPSA) is 76.7 Å². The van der Waals surface area contributed by atoms with Crippen LogP contribution in [0.1, 0.15) is 41.0 Å². The number of carbonyl (C=O) groups is 1. The van der Waals surface area contributed by atoms with E-state index in [1.54, 1.807) is 6.41 Å². The molecule has 0 unspecified atom stereocenters. The Labute approximate surface area is 177 Å². The molecule has 0 aromatic rings. The summed E-state index contributed by atoms with van der Waals surface area (Å²) >= 11 is 0. The summed E-state index contributed by atoms with van der Waals surface area (Å²) in [6.45, 7) is 12.0. The molecule has 0 bridgehead atoms. The van der Waals surface area contributed by atoms with E-state index >= 15 is 0 Å². The van der Waals surface area contributed by atoms with E-state index in [1.807, 2.05) is 20.9 Å². The summed E-state index contributed by atoms with van der Waals surface area (Å²) in [6, 6.07) is 0. The summed E-state index contributed by atoms with van der Waals surface area (Å²) in [5.41, 5.74) is -0.574. The second-order valence-electron chi connectivity index (χ2n) is 5.76. The predicted molar refractivity (Wildman–Crippen MR) is 84.0 cm³/mol. The van der Waals surface area contributed by atoms with Crippen LogP contribution in [0.15, 0.2) is 0 Å². The maximum absolute atomic E-state index is 10.1. The normalized spacial score (nSPS) is 10.8. The van der Waals surface area contributed by atoms with Crippen LogP contribution in [0.25, 0.3) is 0 Å². The van der Waals surface area contributed by atoms with Crippen molar-refractivity contribution in [3.63, 3.8) is 0 Å². The Hall–Kier alpha value is 0.656. The second kappa shape index (κ2) is 16.5. The SMILES string of the molecule is CC=O.CNCCOC(C)(C)CCOC(C)(C)CN[C-]=O.[K+]. The van der Waals surface area contributed by atoms with Crippen molar-refractivity contribution in [2.75, 3.05) is 33.4 Å². The van der Waals surface area contributed by atoms with Gasteiger partial charge in [0.1, 0.15) is 6.29 Å². The molecule has 0 aliphatic rings. The number of rotatable bonds is 11. The fraction of sp³-hybridized carbons (Fsp3) is 0.867. The molecular formula is C15H31KN2O4. The average Bonchev–Trinajstić information content (AvgIpc) is 2.37. The van der Waals surface area contributed by atoms with Crippen LogP contribution in [-0.2, 0) is 19.1 Å². The molecule has 0 saturated heterocycles. The summed E-state index contributed by atoms with van der Waals surface area (Å²) in [6.07, 6.45) is 3.21. The van der Waals surface area contributed by atoms with Crippen molar-refractivity contribution in [3.05, 3.63) is 0 Å². The molecule has 0 fully saturated rings. The molecule has 6 nitrogen and oxygen atoms in total. The van der Waals surface area contributed by atoms with Crippen molar-refractivity contribution < 1.29 is 70.4 Å². The summed E-state index contributed by atoms with van der Waals surface area (Å²) in [7, 11) is 1.90. The van der Waals surface area contributed by atoms with Gasteiger partial charge in [-0.05, 0) is 48.1 Å². The smallest absolute Gasteiger partial charge is 0.528 e. The molecule has 0 aliphatic carbocycles. The number of carbonyl (C=O) groups excluding carboxylic acids is 2. The van der Waals surface area contributed by atoms with E-state index in [0.29, 0.717) is 19.8 Å². The van der Waals surface area contributed by atoms with E-state index in [2.05, 4.69) is 24.5 Å². The van der Waals surface area contributed by atoms with E-state index in [4.69, 9.17) is 14.3 Å². The van der Waals surface area contributed by atoms with Gasteiger partial charge in [0.25, 0.3) is 0 Å². The summed E-state index contributed by atoms with van der Waals surface area (Å²) in [4.78, 5) is 18.9. The maximum Gasteiger partial charge on any atom is 1.00 e. The van der Waals surface area contributed by atoms with Crippen LogP contribution in [-0.4, -0.2) is 57.2 Å². The van der Waals surface area contributed by atoms with Gasteiger partial charge in [-0.2, -0.15) is 6.41 Å². The van der Waals surface area contributed by atoms with Gasteiger partial charge < -0.3 is 29.7 Å². The Kier molecular flexibility index (Phi) is 20.6. The first-order valence-electron chi connectivity index (χ1n) is 7.17. The van der Waals surface area contributed by atoms with Crippen molar-refractivity contribution in [3.8, 4) is 0 Å². The molecule has 0 heterocycles. The van der Waals surface area contributed by atoms with Crippen molar-refractivity contribution in [1.29, 1.82) is 0 Å². The minimum atomic E-state index is -0.377. The van der Waals surface area contributed by atoms with Gasteiger partial charge in [-0.25, -0.2) is 0 Å². The minimum absolute atomic E-state index is 0. The number of amides is 1. The van der Waals surface area contributed by atoms with Crippen LogP contribution >= 0.6 is 0 Å². The Morgan fingerprint density at radius 2 is 1.59 bits per heavy atom. The zero-order chi connectivity index (χ0) is 16.8. The van der Waals surface area contributed by atoms with E-state index in [1.165, 1.54) is 6.92 Å². The van der Waals surface area contributed by atoms with Gasteiger partial charge in [-0.3, -0.25) is 0 Å². The van der Waals surface area contributed by atoms with E-state index < -0.39 is 0 Å². The van der Waals surface area contributed by atoms with Crippen LogP contribution in [0.2, 0.25) is 0 Å². The standard InChI is InChI=1S/C13H27N2O3.C2H4O.K/c1-12(2,18-9-7-14-5)6-8-17-13(3,4)10-15-11-16;1-2-3;/h14H,6-10H2,1-5H3,(H,15,16);2H,1H3;/q-1;;+1. The third-order valence-corrected chi connectivity index (χ3v) is 2.63. The molecule has 0 aromatic carbocycles. The monoisotopic (exact) mass is 342 g/mol. The molecular weight excluding hydrogens is 311 g/mol. The molecule has 126 valence electrons. The zero-order valence-electron chi connectivity index (χ0n) is 15.2. The molecule has 0 atom stereocenters. The van der Waals surface area contributed by atoms with Crippen LogP contribution < -0.4 is 62.0 Å². The van der Waals surface area contributed by atoms with Crippen LogP contribution in [0.3, 0.4) is 0 Å². The van der Waals surface area contributed by atoms with Gasteiger partial charge in [0.15, 0.2) is 0 Å². The van der Waals surface area contributed by atoms with Gasteiger partial charge in [-0.15, -0.1) is 0 Å². The molecule has 1 amide bonds. The third-order valence-electron chi connectivity index (χ3n) is 2.63. The third kappa shape index (κ3) is 20.7. The van der Waals surface area contributed by atoms with Crippen molar-refractivity contribution in [2.24, 2.45) is 0 Å². The maximum atomic E-state index is 10.1. The molecule has 7 heteroatoms. The van der Waals surface area contributed by atoms with Gasteiger partial charge in [0.2, 0.25) is 0 Å². The van der Waals surface area contributed by atoms with E-state index in [-0.39, 0.29) is 62.6 Å². The molecule has 2 N–H and O–H groups in total. The second-order valence-corrected chi connectivity index (χ2v) is 5.76. The number of hydrogen-bond donors (Lipinski definition) is 2. The first kappa shape index (κ1) is 27.5. The van der Waals surface area contributed by atoms with Crippen LogP contribution in [0.5, 0.6) is 0 Å². The fourth-order valence-electron chi connectivity index (χ4n) is 1.37. The van der Waals surface area contributed by atoms with Crippen molar-refractivity contribution >= 4 is 12.7 Å². The predicted octanol–water partition coefficient (Wildman–Crippen LogP) is -1.95. The molecule has 0 aromatic heterocycles. The van der Waals surface area contributed by atoms with E-state index in [9.17, 15) is 4.79 Å². The first-order valence-corrected chi connectivity index (χ1v) is 7.17. The molecule has 0 spiro atoms. The Balaban J connectivity index is -0.000000827. The minimum Gasteiger partial charge on any atom is -0.528 e. The number of aldehydes is 1. The number of hydrogen-bond acceptors (Lipinski definition) is 5. The average molecular weight is 343 g/mol. The van der Waals surface area contributed by atoms with Gasteiger partial charge in [-0.1, -0.05) is 0 Å². The number of likely N-dealkylation sites (N-methyl/N-ethyl adjacent to an activating group) is 1. The van der Waals surface area contributed by atoms with Crippen LogP contribution in [0.4, 0.5) is 0 Å². The first-order chi connectivity index (χ1) is 9.74. The zero-order valence-corrected chi connectivity index (χ0v) is 18.4. The molecule has 0 rings (SSSR count).